The van der Waals surface area contributed by atoms with E-state index in [9.17, 15) is 13.5 Å². The van der Waals surface area contributed by atoms with Gasteiger partial charge in [0.05, 0.1) is 11.5 Å². The summed E-state index contributed by atoms with van der Waals surface area (Å²) in [6.45, 7) is -0.290. The van der Waals surface area contributed by atoms with Crippen LogP contribution in [0.25, 0.3) is 0 Å². The monoisotopic (exact) mass is 303 g/mol. The summed E-state index contributed by atoms with van der Waals surface area (Å²) in [5.74, 6) is 0. The largest absolute Gasteiger partial charge is 0.392 e. The molecule has 0 saturated heterocycles. The van der Waals surface area contributed by atoms with E-state index in [1.54, 1.807) is 18.2 Å². The summed E-state index contributed by atoms with van der Waals surface area (Å²) in [6.07, 6.45) is 1.41. The molecule has 21 heavy (non-hydrogen) atoms. The first kappa shape index (κ1) is 14.3. The predicted octanol–water partition coefficient (Wildman–Crippen LogP) is 1.62. The van der Waals surface area contributed by atoms with Gasteiger partial charge >= 0.3 is 0 Å². The van der Waals surface area contributed by atoms with Crippen LogP contribution < -0.4 is 4.72 Å². The van der Waals surface area contributed by atoms with Crippen molar-refractivity contribution in [2.45, 2.75) is 30.4 Å². The van der Waals surface area contributed by atoms with Crippen LogP contribution in [-0.4, -0.2) is 19.6 Å². The van der Waals surface area contributed by atoms with Crippen molar-refractivity contribution in [2.75, 3.05) is 0 Å². The van der Waals surface area contributed by atoms with Crippen LogP contribution in [0.5, 0.6) is 0 Å². The zero-order valence-corrected chi connectivity index (χ0v) is 12.3. The van der Waals surface area contributed by atoms with Gasteiger partial charge in [0.25, 0.3) is 0 Å². The van der Waals surface area contributed by atoms with Gasteiger partial charge in [-0.25, -0.2) is 13.1 Å². The molecule has 3 rings (SSSR count). The minimum absolute atomic E-state index is 0.126. The molecule has 1 aliphatic rings. The smallest absolute Gasteiger partial charge is 0.241 e. The molecule has 110 valence electrons. The summed E-state index contributed by atoms with van der Waals surface area (Å²) in [6, 6.07) is 14.4. The molecule has 0 heterocycles. The maximum atomic E-state index is 12.5. The third-order valence-corrected chi connectivity index (χ3v) is 5.43. The summed E-state index contributed by atoms with van der Waals surface area (Å²) in [7, 11) is -3.61. The molecule has 0 unspecified atom stereocenters. The lowest BCUT2D eigenvalue weighted by atomic mass is 10.1. The van der Waals surface area contributed by atoms with Gasteiger partial charge in [0.15, 0.2) is 0 Å². The summed E-state index contributed by atoms with van der Waals surface area (Å²) in [5.41, 5.74) is 2.81. The molecule has 0 aromatic heterocycles. The van der Waals surface area contributed by atoms with Gasteiger partial charge in [0, 0.05) is 6.04 Å². The van der Waals surface area contributed by atoms with Crippen molar-refractivity contribution in [1.29, 1.82) is 0 Å². The minimum Gasteiger partial charge on any atom is -0.392 e. The van der Waals surface area contributed by atoms with Crippen LogP contribution in [0.3, 0.4) is 0 Å². The first-order valence-corrected chi connectivity index (χ1v) is 8.36. The summed E-state index contributed by atoms with van der Waals surface area (Å²) in [4.78, 5) is 0.156. The fourth-order valence-corrected chi connectivity index (χ4v) is 4.29. The van der Waals surface area contributed by atoms with Gasteiger partial charge in [-0.1, -0.05) is 42.5 Å². The third kappa shape index (κ3) is 2.85. The van der Waals surface area contributed by atoms with Gasteiger partial charge in [-0.2, -0.15) is 0 Å². The van der Waals surface area contributed by atoms with E-state index < -0.39 is 10.0 Å². The number of hydrogen-bond donors (Lipinski definition) is 2. The molecule has 0 radical (unpaired) electrons. The Balaban J connectivity index is 1.82. The number of fused-ring (bicyclic) bond motifs is 1. The molecular weight excluding hydrogens is 286 g/mol. The van der Waals surface area contributed by atoms with Crippen molar-refractivity contribution < 1.29 is 13.5 Å². The fourth-order valence-electron chi connectivity index (χ4n) is 2.82. The Labute approximate surface area is 124 Å². The highest BCUT2D eigenvalue weighted by molar-refractivity contribution is 7.89. The Hall–Kier alpha value is -1.69. The molecule has 0 atom stereocenters. The number of nitrogens with one attached hydrogen (secondary N) is 1. The van der Waals surface area contributed by atoms with Crippen LogP contribution in [-0.2, 0) is 29.5 Å². The van der Waals surface area contributed by atoms with Gasteiger partial charge in [-0.3, -0.25) is 0 Å². The standard InChI is InChI=1S/C16H17NO3S/c18-11-14-7-3-4-8-16(14)21(19,20)17-15-9-12-5-1-2-6-13(12)10-15/h1-8,15,17-18H,9-11H2. The number of hydrogen-bond acceptors (Lipinski definition) is 3. The normalized spacial score (nSPS) is 15.1. The highest BCUT2D eigenvalue weighted by Gasteiger charge is 2.27. The van der Waals surface area contributed by atoms with Gasteiger partial charge in [0.2, 0.25) is 10.0 Å². The van der Waals surface area contributed by atoms with Crippen LogP contribution >= 0.6 is 0 Å². The highest BCUT2D eigenvalue weighted by atomic mass is 32.2. The lowest BCUT2D eigenvalue weighted by Gasteiger charge is -2.14. The van der Waals surface area contributed by atoms with Crippen LogP contribution in [0.4, 0.5) is 0 Å². The van der Waals surface area contributed by atoms with Gasteiger partial charge < -0.3 is 5.11 Å². The second-order valence-corrected chi connectivity index (χ2v) is 6.94. The Bertz CT molecular complexity index is 731. The van der Waals surface area contributed by atoms with E-state index in [0.29, 0.717) is 18.4 Å². The third-order valence-electron chi connectivity index (χ3n) is 3.81. The minimum atomic E-state index is -3.61. The number of aliphatic hydroxyl groups is 1. The number of aliphatic hydroxyl groups excluding tert-OH is 1. The zero-order valence-electron chi connectivity index (χ0n) is 11.5. The van der Waals surface area contributed by atoms with E-state index in [0.717, 1.165) is 0 Å². The summed E-state index contributed by atoms with van der Waals surface area (Å²) >= 11 is 0. The van der Waals surface area contributed by atoms with Crippen LogP contribution in [0.15, 0.2) is 53.4 Å². The van der Waals surface area contributed by atoms with Crippen molar-refractivity contribution in [3.05, 3.63) is 65.2 Å². The predicted molar refractivity (Wildman–Crippen MR) is 80.3 cm³/mol. The first-order chi connectivity index (χ1) is 10.1. The van der Waals surface area contributed by atoms with E-state index in [2.05, 4.69) is 4.72 Å². The Morgan fingerprint density at radius 3 is 2.19 bits per heavy atom. The number of sulfonamides is 1. The van der Waals surface area contributed by atoms with Crippen LogP contribution in [0.2, 0.25) is 0 Å². The summed E-state index contributed by atoms with van der Waals surface area (Å²) in [5, 5.41) is 9.29. The number of benzene rings is 2. The van der Waals surface area contributed by atoms with Gasteiger partial charge in [-0.05, 0) is 35.6 Å². The van der Waals surface area contributed by atoms with Crippen LogP contribution in [0, 0.1) is 0 Å². The molecule has 0 aliphatic heterocycles. The molecule has 0 saturated carbocycles. The molecule has 2 aromatic rings. The Morgan fingerprint density at radius 2 is 1.57 bits per heavy atom. The quantitative estimate of drug-likeness (QED) is 0.902. The SMILES string of the molecule is O=S(=O)(NC1Cc2ccccc2C1)c1ccccc1CO. The average molecular weight is 303 g/mol. The van der Waals surface area contributed by atoms with Crippen LogP contribution in [0.1, 0.15) is 16.7 Å². The lowest BCUT2D eigenvalue weighted by Crippen LogP contribution is -2.35. The molecule has 0 fully saturated rings. The fraction of sp³-hybridized carbons (Fsp3) is 0.250. The van der Waals surface area contributed by atoms with Crippen molar-refractivity contribution in [3.63, 3.8) is 0 Å². The lowest BCUT2D eigenvalue weighted by molar-refractivity contribution is 0.278. The molecule has 0 bridgehead atoms. The van der Waals surface area contributed by atoms with E-state index in [4.69, 9.17) is 0 Å². The van der Waals surface area contributed by atoms with E-state index in [-0.39, 0.29) is 17.5 Å². The summed E-state index contributed by atoms with van der Waals surface area (Å²) < 4.78 is 27.7. The molecule has 0 spiro atoms. The molecule has 2 aromatic carbocycles. The van der Waals surface area contributed by atoms with E-state index in [1.165, 1.54) is 17.2 Å². The zero-order chi connectivity index (χ0) is 14.9. The Morgan fingerprint density at radius 1 is 1.00 bits per heavy atom. The van der Waals surface area contributed by atoms with E-state index in [1.807, 2.05) is 24.3 Å². The maximum Gasteiger partial charge on any atom is 0.241 e. The maximum absolute atomic E-state index is 12.5. The highest BCUT2D eigenvalue weighted by Crippen LogP contribution is 2.24. The molecule has 2 N–H and O–H groups in total. The molecule has 4 nitrogen and oxygen atoms in total. The van der Waals surface area contributed by atoms with E-state index >= 15 is 0 Å². The molecule has 5 heteroatoms. The number of rotatable bonds is 4. The second-order valence-electron chi connectivity index (χ2n) is 5.26. The van der Waals surface area contributed by atoms with Gasteiger partial charge in [0.1, 0.15) is 0 Å². The van der Waals surface area contributed by atoms with Crippen molar-refractivity contribution in [2.24, 2.45) is 0 Å². The van der Waals surface area contributed by atoms with Crippen molar-refractivity contribution in [1.82, 2.24) is 4.72 Å². The first-order valence-electron chi connectivity index (χ1n) is 6.88. The second kappa shape index (κ2) is 5.60. The molecule has 0 amide bonds. The molecular formula is C16H17NO3S. The van der Waals surface area contributed by atoms with Crippen molar-refractivity contribution >= 4 is 10.0 Å². The molecule has 1 aliphatic carbocycles. The topological polar surface area (TPSA) is 66.4 Å². The average Bonchev–Trinajstić information content (AvgIpc) is 2.88. The Kier molecular flexibility index (Phi) is 3.80. The van der Waals surface area contributed by atoms with Gasteiger partial charge in [-0.15, -0.1) is 0 Å². The van der Waals surface area contributed by atoms with Crippen molar-refractivity contribution in [3.8, 4) is 0 Å².